The van der Waals surface area contributed by atoms with Crippen LogP contribution in [0.3, 0.4) is 0 Å². The van der Waals surface area contributed by atoms with Crippen molar-refractivity contribution >= 4 is 55.0 Å². The van der Waals surface area contributed by atoms with E-state index in [9.17, 15) is 0 Å². The maximum absolute atomic E-state index is 15.6. The molecule has 552 valence electrons. The van der Waals surface area contributed by atoms with Crippen LogP contribution in [0.4, 0.5) is 0 Å². The lowest BCUT2D eigenvalue weighted by molar-refractivity contribution is 0.398. The Bertz CT molecular complexity index is 4360. The first-order chi connectivity index (χ1) is 51.1. The number of aromatic nitrogens is 2. The highest BCUT2D eigenvalue weighted by molar-refractivity contribution is 7.19. The summed E-state index contributed by atoms with van der Waals surface area (Å²) in [5, 5.41) is 3.05. The molecule has 0 radical (unpaired) electrons. The van der Waals surface area contributed by atoms with E-state index in [0.717, 1.165) is 131 Å². The number of fused-ring (bicyclic) bond motifs is 9. The Hall–Kier alpha value is -6.74. The highest BCUT2D eigenvalue weighted by atomic mass is 32.1. The molecule has 0 aliphatic heterocycles. The molecular weight excluding hydrogens is 1310 g/mol. The molecule has 6 aromatic carbocycles. The van der Waals surface area contributed by atoms with E-state index >= 15 is 19.2 Å². The molecule has 0 spiro atoms. The van der Waals surface area contributed by atoms with Crippen molar-refractivity contribution in [1.29, 1.82) is 0 Å². The topological polar surface area (TPSA) is 78.1 Å². The van der Waals surface area contributed by atoms with Gasteiger partial charge in [-0.05, 0) is 153 Å². The van der Waals surface area contributed by atoms with Gasteiger partial charge in [-0.1, -0.05) is 333 Å². The maximum atomic E-state index is 15.6. The molecule has 0 saturated carbocycles. The fraction of sp³-hybridized carbons (Fsp3) is 0.521. The number of rotatable bonds is 46. The highest BCUT2D eigenvalue weighted by Gasteiger charge is 2.44. The minimum absolute atomic E-state index is 0.0942. The van der Waals surface area contributed by atoms with Gasteiger partial charge in [0.25, 0.3) is 22.2 Å². The van der Waals surface area contributed by atoms with Crippen LogP contribution in [0.25, 0.3) is 96.3 Å². The van der Waals surface area contributed by atoms with Crippen molar-refractivity contribution in [2.45, 2.75) is 322 Å². The second-order valence-electron chi connectivity index (χ2n) is 31.7. The standard InChI is InChI=1S/C96H122N2O4S2/c1-7-13-19-25-31-41-59-95(60-42-32-26-20-14-8-2)79-49-39-37-47-71(79)73-53-51-69(65-81(73)95)83-55-57-85(103-83)87-75-67-78-90(94(102)98(92(78)100)64-46-36-30-24-18-12-6)88(76(75)68-77-89(87)93(101)97(91(77)99)63-45-35-29-23-17-11-5)86-58-56-84(104-86)70-52-54-74-72-48-38-40-50-80(72)96(82(74)66-70,61-43-33-27-21-15-9-3)62-44-34-28-22-16-10-4/h37-40,47-58,65-68H,7-36,41-46,59-64H2,1-6H3. The van der Waals surface area contributed by atoms with E-state index in [0.29, 0.717) is 45.8 Å². The van der Waals surface area contributed by atoms with Gasteiger partial charge >= 0.3 is 0 Å². The van der Waals surface area contributed by atoms with Crippen molar-refractivity contribution in [3.63, 3.8) is 0 Å². The van der Waals surface area contributed by atoms with E-state index in [1.54, 1.807) is 22.7 Å². The molecule has 10 aromatic rings. The van der Waals surface area contributed by atoms with E-state index in [4.69, 9.17) is 0 Å². The van der Waals surface area contributed by atoms with Crippen molar-refractivity contribution < 1.29 is 0 Å². The first-order valence-electron chi connectivity index (χ1n) is 42.2. The minimum Gasteiger partial charge on any atom is -0.274 e. The molecule has 4 aromatic heterocycles. The van der Waals surface area contributed by atoms with Crippen LogP contribution in [0.5, 0.6) is 0 Å². The first kappa shape index (κ1) is 76.9. The van der Waals surface area contributed by atoms with Gasteiger partial charge in [0.2, 0.25) is 0 Å². The zero-order valence-corrected chi connectivity index (χ0v) is 66.2. The fourth-order valence-corrected chi connectivity index (χ4v) is 20.9. The number of hydrogen-bond acceptors (Lipinski definition) is 6. The second kappa shape index (κ2) is 37.2. The highest BCUT2D eigenvalue weighted by Crippen LogP contribution is 2.58. The zero-order valence-electron chi connectivity index (χ0n) is 64.6. The van der Waals surface area contributed by atoms with Crippen molar-refractivity contribution in [2.24, 2.45) is 0 Å². The van der Waals surface area contributed by atoms with Gasteiger partial charge < -0.3 is 0 Å². The second-order valence-corrected chi connectivity index (χ2v) is 33.8. The predicted molar refractivity (Wildman–Crippen MR) is 451 cm³/mol. The number of benzene rings is 6. The molecule has 8 heteroatoms. The molecule has 0 unspecified atom stereocenters. The Morgan fingerprint density at radius 1 is 0.269 bits per heavy atom. The van der Waals surface area contributed by atoms with Crippen LogP contribution in [0.1, 0.15) is 321 Å². The van der Waals surface area contributed by atoms with Crippen LogP contribution in [0, 0.1) is 0 Å². The van der Waals surface area contributed by atoms with E-state index in [2.05, 4.69) is 151 Å². The first-order valence-corrected chi connectivity index (χ1v) is 43.8. The van der Waals surface area contributed by atoms with Crippen molar-refractivity contribution in [2.75, 3.05) is 0 Å². The SMILES string of the molecule is CCCCCCCCn1c(=O)c2cc3c(-c4ccc(-c5ccc6c(c5)C(CCCCCCCC)(CCCCCCCC)c5ccccc5-6)s4)c4c(=O)n(CCCCCCCC)c(=O)c4cc3c(-c3ccc(-c4ccc5c(c4)C(CCCCCCCC)(CCCCCCCC)c4ccccc4-5)s3)c2c1=O. The summed E-state index contributed by atoms with van der Waals surface area (Å²) in [6, 6.07) is 45.7. The van der Waals surface area contributed by atoms with Crippen molar-refractivity contribution in [3.05, 3.63) is 185 Å². The molecule has 0 fully saturated rings. The molecule has 0 bridgehead atoms. The Kier molecular flexibility index (Phi) is 27.5. The van der Waals surface area contributed by atoms with Crippen LogP contribution in [0.2, 0.25) is 0 Å². The molecule has 0 amide bonds. The summed E-state index contributed by atoms with van der Waals surface area (Å²) in [4.78, 5) is 66.2. The fourth-order valence-electron chi connectivity index (χ4n) is 18.7. The van der Waals surface area contributed by atoms with Gasteiger partial charge in [0.1, 0.15) is 0 Å². The number of unbranched alkanes of at least 4 members (excludes halogenated alkanes) is 30. The quantitative estimate of drug-likeness (QED) is 0.0356. The summed E-state index contributed by atoms with van der Waals surface area (Å²) in [6.45, 7) is 14.3. The van der Waals surface area contributed by atoms with E-state index in [1.165, 1.54) is 221 Å². The van der Waals surface area contributed by atoms with Crippen molar-refractivity contribution in [1.82, 2.24) is 9.13 Å². The Morgan fingerprint density at radius 3 is 0.894 bits per heavy atom. The normalized spacial score (nSPS) is 13.5. The van der Waals surface area contributed by atoms with Gasteiger partial charge in [-0.2, -0.15) is 0 Å². The predicted octanol–water partition coefficient (Wildman–Crippen LogP) is 28.1. The van der Waals surface area contributed by atoms with Crippen LogP contribution in [-0.2, 0) is 23.9 Å². The van der Waals surface area contributed by atoms with E-state index < -0.39 is 0 Å². The van der Waals surface area contributed by atoms with Gasteiger partial charge in [0.05, 0.1) is 21.5 Å². The van der Waals surface area contributed by atoms with Crippen molar-refractivity contribution in [3.8, 4) is 64.0 Å². The Balaban J connectivity index is 1.02. The van der Waals surface area contributed by atoms with Gasteiger partial charge in [-0.15, -0.1) is 22.7 Å². The third kappa shape index (κ3) is 16.4. The van der Waals surface area contributed by atoms with E-state index in [1.807, 2.05) is 12.1 Å². The lowest BCUT2D eigenvalue weighted by atomic mass is 9.70. The summed E-state index contributed by atoms with van der Waals surface area (Å²) in [5.74, 6) is 0. The third-order valence-corrected chi connectivity index (χ3v) is 26.7. The lowest BCUT2D eigenvalue weighted by Gasteiger charge is -2.33. The molecular formula is C96H122N2O4S2. The number of thiophene rings is 2. The minimum atomic E-state index is -0.279. The molecule has 0 atom stereocenters. The lowest BCUT2D eigenvalue weighted by Crippen LogP contribution is -2.25. The molecule has 12 rings (SSSR count). The maximum Gasteiger partial charge on any atom is 0.262 e. The third-order valence-electron chi connectivity index (χ3n) is 24.4. The van der Waals surface area contributed by atoms with Crippen LogP contribution >= 0.6 is 22.7 Å². The Labute approximate surface area is 631 Å². The van der Waals surface area contributed by atoms with Gasteiger partial charge in [0, 0.05) is 54.6 Å². The number of nitrogens with zero attached hydrogens (tertiary/aromatic N) is 2. The summed E-state index contributed by atoms with van der Waals surface area (Å²) in [6.07, 6.45) is 47.1. The molecule has 6 nitrogen and oxygen atoms in total. The van der Waals surface area contributed by atoms with Crippen LogP contribution in [-0.4, -0.2) is 9.13 Å². The molecule has 104 heavy (non-hydrogen) atoms. The largest absolute Gasteiger partial charge is 0.274 e. The molecule has 0 N–H and O–H groups in total. The molecule has 2 aliphatic rings. The summed E-state index contributed by atoms with van der Waals surface area (Å²) >= 11 is 3.36. The van der Waals surface area contributed by atoms with Gasteiger partial charge in [-0.3, -0.25) is 28.3 Å². The molecule has 2 aliphatic carbocycles. The van der Waals surface area contributed by atoms with Gasteiger partial charge in [0.15, 0.2) is 0 Å². The summed E-state index contributed by atoms with van der Waals surface area (Å²) in [5.41, 5.74) is 13.7. The molecule has 0 saturated heterocycles. The smallest absolute Gasteiger partial charge is 0.262 e. The van der Waals surface area contributed by atoms with Gasteiger partial charge in [-0.25, -0.2) is 0 Å². The van der Waals surface area contributed by atoms with Crippen LogP contribution < -0.4 is 22.2 Å². The number of hydrogen-bond donors (Lipinski definition) is 0. The Morgan fingerprint density at radius 2 is 0.558 bits per heavy atom. The average Bonchev–Trinajstić information content (AvgIpc) is 1.58. The summed E-state index contributed by atoms with van der Waals surface area (Å²) in [7, 11) is 0. The molecule has 4 heterocycles. The monoisotopic (exact) mass is 1430 g/mol. The van der Waals surface area contributed by atoms with Crippen LogP contribution in [0.15, 0.2) is 141 Å². The van der Waals surface area contributed by atoms with E-state index in [-0.39, 0.29) is 33.1 Å². The zero-order chi connectivity index (χ0) is 72.4. The average molecular weight is 1430 g/mol. The summed E-state index contributed by atoms with van der Waals surface area (Å²) < 4.78 is 3.01.